The summed E-state index contributed by atoms with van der Waals surface area (Å²) in [4.78, 5) is 24.4. The maximum atomic E-state index is 13.5. The van der Waals surface area contributed by atoms with Gasteiger partial charge in [0.15, 0.2) is 24.1 Å². The third-order valence-corrected chi connectivity index (χ3v) is 4.72. The second-order valence-electron chi connectivity index (χ2n) is 5.78. The average molecular weight is 397 g/mol. The van der Waals surface area contributed by atoms with E-state index in [9.17, 15) is 22.8 Å². The molecule has 0 bridgehead atoms. The van der Waals surface area contributed by atoms with Gasteiger partial charge in [0.2, 0.25) is 0 Å². The topological polar surface area (TPSA) is 55.4 Å². The minimum absolute atomic E-state index is 0.0877. The Kier molecular flexibility index (Phi) is 7.29. The first kappa shape index (κ1) is 20.8. The van der Waals surface area contributed by atoms with Gasteiger partial charge in [-0.25, -0.2) is 13.2 Å². The molecule has 144 valence electrons. The van der Waals surface area contributed by atoms with Crippen LogP contribution < -0.4 is 5.32 Å². The first-order chi connectivity index (χ1) is 12.8. The molecule has 0 aliphatic rings. The van der Waals surface area contributed by atoms with E-state index in [0.717, 1.165) is 16.5 Å². The summed E-state index contributed by atoms with van der Waals surface area (Å²) in [6, 6.07) is 7.55. The van der Waals surface area contributed by atoms with Crippen LogP contribution in [0.5, 0.6) is 0 Å². The minimum Gasteiger partial charge on any atom is -0.456 e. The molecule has 0 atom stereocenters. The smallest absolute Gasteiger partial charge is 0.307 e. The predicted octanol–water partition coefficient (Wildman–Crippen LogP) is 4.38. The van der Waals surface area contributed by atoms with E-state index in [2.05, 4.69) is 0 Å². The van der Waals surface area contributed by atoms with E-state index in [0.29, 0.717) is 11.8 Å². The number of anilines is 1. The highest BCUT2D eigenvalue weighted by Crippen LogP contribution is 2.22. The molecule has 0 saturated heterocycles. The molecule has 2 aromatic carbocycles. The van der Waals surface area contributed by atoms with E-state index in [-0.39, 0.29) is 6.42 Å². The van der Waals surface area contributed by atoms with Gasteiger partial charge in [0.25, 0.3) is 5.91 Å². The molecular formula is C19H18F3NO3S. The van der Waals surface area contributed by atoms with Crippen molar-refractivity contribution >= 4 is 29.3 Å². The number of thioether (sulfide) groups is 1. The van der Waals surface area contributed by atoms with Gasteiger partial charge in [0, 0.05) is 10.6 Å². The zero-order valence-electron chi connectivity index (χ0n) is 14.8. The Balaban J connectivity index is 1.74. The molecule has 0 aliphatic heterocycles. The molecule has 0 aromatic heterocycles. The van der Waals surface area contributed by atoms with E-state index in [1.165, 1.54) is 17.3 Å². The summed E-state index contributed by atoms with van der Waals surface area (Å²) in [5, 5.41) is 2.02. The first-order valence-corrected chi connectivity index (χ1v) is 9.05. The Morgan fingerprint density at radius 1 is 1.04 bits per heavy atom. The number of hydrogen-bond acceptors (Lipinski definition) is 4. The van der Waals surface area contributed by atoms with Crippen LogP contribution in [0.4, 0.5) is 18.9 Å². The van der Waals surface area contributed by atoms with Crippen molar-refractivity contribution in [3.63, 3.8) is 0 Å². The van der Waals surface area contributed by atoms with Crippen molar-refractivity contribution in [2.45, 2.75) is 25.2 Å². The second kappa shape index (κ2) is 9.45. The van der Waals surface area contributed by atoms with Crippen LogP contribution in [0.1, 0.15) is 17.5 Å². The third kappa shape index (κ3) is 6.02. The Morgan fingerprint density at radius 2 is 1.78 bits per heavy atom. The molecule has 0 saturated carbocycles. The molecular weight excluding hydrogens is 379 g/mol. The highest BCUT2D eigenvalue weighted by Gasteiger charge is 2.16. The van der Waals surface area contributed by atoms with Crippen LogP contribution in [0, 0.1) is 31.3 Å². The summed E-state index contributed by atoms with van der Waals surface area (Å²) in [6.07, 6.45) is 0.0877. The molecule has 1 amide bonds. The fourth-order valence-corrected chi connectivity index (χ4v) is 3.01. The maximum Gasteiger partial charge on any atom is 0.307 e. The molecule has 1 N–H and O–H groups in total. The lowest BCUT2D eigenvalue weighted by molar-refractivity contribution is -0.146. The molecule has 0 fully saturated rings. The van der Waals surface area contributed by atoms with E-state index in [1.807, 2.05) is 37.4 Å². The van der Waals surface area contributed by atoms with Gasteiger partial charge in [-0.15, -0.1) is 11.8 Å². The van der Waals surface area contributed by atoms with Crippen LogP contribution in [0.3, 0.4) is 0 Å². The number of rotatable bonds is 7. The van der Waals surface area contributed by atoms with Crippen LogP contribution in [0.2, 0.25) is 0 Å². The largest absolute Gasteiger partial charge is 0.456 e. The Hall–Kier alpha value is -2.48. The Labute approximate surface area is 159 Å². The van der Waals surface area contributed by atoms with Gasteiger partial charge in [-0.3, -0.25) is 9.59 Å². The van der Waals surface area contributed by atoms with Crippen molar-refractivity contribution in [1.29, 1.82) is 0 Å². The van der Waals surface area contributed by atoms with Gasteiger partial charge < -0.3 is 10.1 Å². The van der Waals surface area contributed by atoms with Gasteiger partial charge >= 0.3 is 5.97 Å². The van der Waals surface area contributed by atoms with E-state index < -0.39 is 41.6 Å². The third-order valence-electron chi connectivity index (χ3n) is 3.73. The quantitative estimate of drug-likeness (QED) is 0.428. The predicted molar refractivity (Wildman–Crippen MR) is 97.2 cm³/mol. The number of esters is 1. The number of benzene rings is 2. The zero-order valence-corrected chi connectivity index (χ0v) is 15.6. The van der Waals surface area contributed by atoms with E-state index >= 15 is 0 Å². The summed E-state index contributed by atoms with van der Waals surface area (Å²) in [6.45, 7) is 3.37. The number of hydrogen-bond donors (Lipinski definition) is 1. The average Bonchev–Trinajstić information content (AvgIpc) is 2.63. The molecule has 2 aromatic rings. The molecule has 4 nitrogen and oxygen atoms in total. The van der Waals surface area contributed by atoms with Crippen molar-refractivity contribution in [1.82, 2.24) is 0 Å². The maximum absolute atomic E-state index is 13.5. The number of aryl methyl sites for hydroxylation is 2. The summed E-state index contributed by atoms with van der Waals surface area (Å²) in [5.41, 5.74) is 1.81. The lowest BCUT2D eigenvalue weighted by Gasteiger charge is -2.08. The van der Waals surface area contributed by atoms with E-state index in [4.69, 9.17) is 4.74 Å². The van der Waals surface area contributed by atoms with Gasteiger partial charge in [-0.2, -0.15) is 0 Å². The number of halogens is 3. The highest BCUT2D eigenvalue weighted by molar-refractivity contribution is 7.99. The van der Waals surface area contributed by atoms with Crippen LogP contribution in [0.15, 0.2) is 35.2 Å². The van der Waals surface area contributed by atoms with Crippen molar-refractivity contribution < 1.29 is 27.5 Å². The molecule has 0 radical (unpaired) electrons. The fraction of sp³-hybridized carbons (Fsp3) is 0.263. The van der Waals surface area contributed by atoms with Crippen LogP contribution >= 0.6 is 11.8 Å². The SMILES string of the molecule is Cc1ccc(SCCC(=O)OCC(=O)Nc2ccc(F)c(F)c2F)cc1C. The van der Waals surface area contributed by atoms with Gasteiger partial charge in [-0.05, 0) is 49.2 Å². The first-order valence-electron chi connectivity index (χ1n) is 8.07. The molecule has 8 heteroatoms. The van der Waals surface area contributed by atoms with Crippen LogP contribution in [-0.2, 0) is 14.3 Å². The zero-order chi connectivity index (χ0) is 20.0. The van der Waals surface area contributed by atoms with Crippen LogP contribution in [-0.4, -0.2) is 24.2 Å². The van der Waals surface area contributed by atoms with E-state index in [1.54, 1.807) is 0 Å². The van der Waals surface area contributed by atoms with Crippen molar-refractivity contribution in [2.24, 2.45) is 0 Å². The summed E-state index contributed by atoms with van der Waals surface area (Å²) < 4.78 is 44.2. The van der Waals surface area contributed by atoms with Crippen LogP contribution in [0.25, 0.3) is 0 Å². The monoisotopic (exact) mass is 397 g/mol. The molecule has 0 heterocycles. The molecule has 0 aliphatic carbocycles. The van der Waals surface area contributed by atoms with Crippen molar-refractivity contribution in [3.05, 3.63) is 58.9 Å². The lowest BCUT2D eigenvalue weighted by atomic mass is 10.1. The Morgan fingerprint density at radius 3 is 2.48 bits per heavy atom. The molecule has 2 rings (SSSR count). The van der Waals surface area contributed by atoms with Gasteiger partial charge in [-0.1, -0.05) is 6.07 Å². The number of nitrogens with one attached hydrogen (secondary N) is 1. The number of ether oxygens (including phenoxy) is 1. The summed E-state index contributed by atoms with van der Waals surface area (Å²) in [5.74, 6) is -5.53. The fourth-order valence-electron chi connectivity index (χ4n) is 2.08. The highest BCUT2D eigenvalue weighted by atomic mass is 32.2. The summed E-state index contributed by atoms with van der Waals surface area (Å²) in [7, 11) is 0. The van der Waals surface area contributed by atoms with Gasteiger partial charge in [0.1, 0.15) is 0 Å². The number of carbonyl (C=O) groups excluding carboxylic acids is 2. The Bertz CT molecular complexity index is 858. The second-order valence-corrected chi connectivity index (χ2v) is 6.94. The molecule has 27 heavy (non-hydrogen) atoms. The summed E-state index contributed by atoms with van der Waals surface area (Å²) >= 11 is 1.49. The minimum atomic E-state index is -1.69. The normalized spacial score (nSPS) is 10.6. The number of amides is 1. The molecule has 0 spiro atoms. The number of carbonyl (C=O) groups is 2. The van der Waals surface area contributed by atoms with Gasteiger partial charge in [0.05, 0.1) is 12.1 Å². The van der Waals surface area contributed by atoms with Crippen molar-refractivity contribution in [2.75, 3.05) is 17.7 Å². The lowest BCUT2D eigenvalue weighted by Crippen LogP contribution is -2.22. The molecule has 0 unspecified atom stereocenters. The van der Waals surface area contributed by atoms with Crippen molar-refractivity contribution in [3.8, 4) is 0 Å². The standard InChI is InChI=1S/C19H18F3NO3S/c1-11-3-4-13(9-12(11)2)27-8-7-17(25)26-10-16(24)23-15-6-5-14(20)18(21)19(15)22/h3-6,9H,7-8,10H2,1-2H3,(H,23,24).